The molecule has 2 fully saturated rings. The fourth-order valence-corrected chi connectivity index (χ4v) is 4.92. The Labute approximate surface area is 194 Å². The molecule has 1 saturated carbocycles. The van der Waals surface area contributed by atoms with Crippen molar-refractivity contribution in [1.29, 1.82) is 0 Å². The Morgan fingerprint density at radius 1 is 1.24 bits per heavy atom. The van der Waals surface area contributed by atoms with Gasteiger partial charge in [-0.15, -0.1) is 0 Å². The first-order chi connectivity index (χ1) is 16.2. The number of carbonyl (C=O) groups is 2. The van der Waals surface area contributed by atoms with Gasteiger partial charge in [-0.3, -0.25) is 14.9 Å². The molecule has 3 heterocycles. The van der Waals surface area contributed by atoms with Crippen LogP contribution in [-0.4, -0.2) is 34.2 Å². The summed E-state index contributed by atoms with van der Waals surface area (Å²) >= 11 is 0. The summed E-state index contributed by atoms with van der Waals surface area (Å²) < 4.78 is 40.3. The molecule has 1 aromatic heterocycles. The number of aromatic nitrogens is 2. The van der Waals surface area contributed by atoms with Crippen LogP contribution >= 0.6 is 0 Å². The zero-order valence-corrected chi connectivity index (χ0v) is 18.6. The molecule has 1 aliphatic carbocycles. The van der Waals surface area contributed by atoms with Crippen LogP contribution < -0.4 is 21.3 Å². The number of rotatable bonds is 7. The Morgan fingerprint density at radius 3 is 2.71 bits per heavy atom. The minimum Gasteiger partial charge on any atom is -0.367 e. The van der Waals surface area contributed by atoms with Gasteiger partial charge in [0.1, 0.15) is 16.9 Å². The van der Waals surface area contributed by atoms with Crippen LogP contribution in [0.15, 0.2) is 24.4 Å². The lowest BCUT2D eigenvalue weighted by Gasteiger charge is -2.28. The van der Waals surface area contributed by atoms with Gasteiger partial charge in [0.2, 0.25) is 11.9 Å². The molecule has 8 nitrogen and oxygen atoms in total. The number of hydrogen-bond acceptors (Lipinski definition) is 7. The van der Waals surface area contributed by atoms with E-state index in [1.165, 1.54) is 6.92 Å². The molecule has 4 N–H and O–H groups in total. The zero-order valence-electron chi connectivity index (χ0n) is 18.6. The topological polar surface area (TPSA) is 108 Å². The highest BCUT2D eigenvalue weighted by molar-refractivity contribution is 5.95. The van der Waals surface area contributed by atoms with Crippen LogP contribution in [-0.2, 0) is 21.3 Å². The first-order valence-corrected chi connectivity index (χ1v) is 11.3. The molecular weight excluding hydrogens is 449 g/mol. The number of anilines is 3. The lowest BCUT2D eigenvalue weighted by atomic mass is 9.79. The van der Waals surface area contributed by atoms with Crippen molar-refractivity contribution in [2.45, 2.75) is 62.8 Å². The van der Waals surface area contributed by atoms with Gasteiger partial charge in [0.05, 0.1) is 6.54 Å². The number of fused-ring (bicyclic) bond motifs is 5. The lowest BCUT2D eigenvalue weighted by molar-refractivity contribution is -0.137. The molecule has 1 aromatic carbocycles. The summed E-state index contributed by atoms with van der Waals surface area (Å²) in [5, 5.41) is 11.8. The third-order valence-corrected chi connectivity index (χ3v) is 6.89. The zero-order chi connectivity index (χ0) is 24.1. The van der Waals surface area contributed by atoms with Crippen molar-refractivity contribution in [2.75, 3.05) is 17.2 Å². The van der Waals surface area contributed by atoms with E-state index in [2.05, 4.69) is 31.2 Å². The summed E-state index contributed by atoms with van der Waals surface area (Å²) in [5.74, 6) is -0.611. The van der Waals surface area contributed by atoms with E-state index in [1.807, 2.05) is 12.1 Å². The molecule has 1 saturated heterocycles. The highest BCUT2D eigenvalue weighted by atomic mass is 19.4. The summed E-state index contributed by atoms with van der Waals surface area (Å²) in [6, 6.07) is 5.53. The Balaban J connectivity index is 1.42. The van der Waals surface area contributed by atoms with E-state index in [4.69, 9.17) is 0 Å². The third-order valence-electron chi connectivity index (χ3n) is 6.89. The van der Waals surface area contributed by atoms with Crippen molar-refractivity contribution in [3.8, 4) is 0 Å². The Bertz CT molecular complexity index is 1150. The number of alkyl halides is 3. The number of halogens is 3. The summed E-state index contributed by atoms with van der Waals surface area (Å²) in [6.45, 7) is 1.28. The van der Waals surface area contributed by atoms with Gasteiger partial charge in [-0.2, -0.15) is 18.2 Å². The van der Waals surface area contributed by atoms with Crippen molar-refractivity contribution in [1.82, 2.24) is 20.6 Å². The van der Waals surface area contributed by atoms with Gasteiger partial charge < -0.3 is 16.0 Å². The molecule has 2 aliphatic heterocycles. The Hall–Kier alpha value is -3.21. The maximum absolute atomic E-state index is 13.4. The van der Waals surface area contributed by atoms with Gasteiger partial charge >= 0.3 is 6.18 Å². The SMILES string of the molecule is CC(=O)NCC(=O)[C@]12CC[C@H](N1)c1ccc(Nc3ncc(C(F)(F)F)c(NC4CCC4)n3)cc12. The standard InChI is InChI=1S/C23H25F3N6O2/c1-12(33)27-11-19(34)22-8-7-18(32-22)15-6-5-14(9-16(15)22)30-21-28-10-17(23(24,25)26)20(31-21)29-13-3-2-4-13/h5-6,9-10,13,18,32H,2-4,7-8,11H2,1H3,(H,27,33)(H2,28,29,30,31)/t18-,22+/m0/s1. The highest BCUT2D eigenvalue weighted by Gasteiger charge is 2.53. The van der Waals surface area contributed by atoms with Crippen molar-refractivity contribution >= 4 is 29.1 Å². The number of amides is 1. The maximum Gasteiger partial charge on any atom is 0.421 e. The smallest absolute Gasteiger partial charge is 0.367 e. The van der Waals surface area contributed by atoms with E-state index >= 15 is 0 Å². The molecular formula is C23H25F3N6O2. The van der Waals surface area contributed by atoms with E-state index < -0.39 is 17.3 Å². The quantitative estimate of drug-likeness (QED) is 0.486. The van der Waals surface area contributed by atoms with Crippen LogP contribution in [0.3, 0.4) is 0 Å². The second kappa shape index (κ2) is 8.23. The number of hydrogen-bond donors (Lipinski definition) is 4. The summed E-state index contributed by atoms with van der Waals surface area (Å²) in [6.07, 6.45) is 0.217. The predicted molar refractivity (Wildman–Crippen MR) is 118 cm³/mol. The first kappa shape index (κ1) is 22.6. The molecule has 2 aromatic rings. The second-order valence-electron chi connectivity index (χ2n) is 9.13. The van der Waals surface area contributed by atoms with Crippen LogP contribution in [0.1, 0.15) is 61.8 Å². The monoisotopic (exact) mass is 474 g/mol. The highest BCUT2D eigenvalue weighted by Crippen LogP contribution is 2.50. The lowest BCUT2D eigenvalue weighted by Crippen LogP contribution is -2.46. The van der Waals surface area contributed by atoms with E-state index in [0.29, 0.717) is 12.1 Å². The number of carbonyl (C=O) groups excluding carboxylic acids is 2. The molecule has 0 spiro atoms. The normalized spacial score (nSPS) is 23.2. The second-order valence-corrected chi connectivity index (χ2v) is 9.13. The van der Waals surface area contributed by atoms with Crippen LogP contribution in [0.4, 0.5) is 30.6 Å². The molecule has 0 radical (unpaired) electrons. The molecule has 1 amide bonds. The number of Topliss-reactive ketones (excluding diaryl/α,β-unsaturated/α-hetero) is 1. The average molecular weight is 474 g/mol. The van der Waals surface area contributed by atoms with Crippen molar-refractivity contribution in [3.63, 3.8) is 0 Å². The van der Waals surface area contributed by atoms with E-state index in [0.717, 1.165) is 43.0 Å². The number of nitrogens with one attached hydrogen (secondary N) is 4. The van der Waals surface area contributed by atoms with Crippen molar-refractivity contribution in [3.05, 3.63) is 41.1 Å². The molecule has 11 heteroatoms. The fourth-order valence-electron chi connectivity index (χ4n) is 4.92. The minimum atomic E-state index is -4.57. The van der Waals surface area contributed by atoms with Crippen LogP contribution in [0.25, 0.3) is 0 Å². The molecule has 3 aliphatic rings. The van der Waals surface area contributed by atoms with E-state index in [1.54, 1.807) is 6.07 Å². The largest absolute Gasteiger partial charge is 0.421 e. The number of benzene rings is 1. The van der Waals surface area contributed by atoms with Crippen LogP contribution in [0.5, 0.6) is 0 Å². The van der Waals surface area contributed by atoms with Gasteiger partial charge in [-0.25, -0.2) is 4.98 Å². The van der Waals surface area contributed by atoms with Crippen molar-refractivity contribution < 1.29 is 22.8 Å². The van der Waals surface area contributed by atoms with Crippen molar-refractivity contribution in [2.24, 2.45) is 0 Å². The third kappa shape index (κ3) is 3.97. The Morgan fingerprint density at radius 2 is 2.03 bits per heavy atom. The molecule has 0 unspecified atom stereocenters. The number of ketones is 1. The summed E-state index contributed by atoms with van der Waals surface area (Å²) in [5.41, 5.74) is 0.590. The van der Waals surface area contributed by atoms with Gasteiger partial charge in [0.25, 0.3) is 0 Å². The van der Waals surface area contributed by atoms with Crippen LogP contribution in [0, 0.1) is 0 Å². The molecule has 5 rings (SSSR count). The summed E-state index contributed by atoms with van der Waals surface area (Å²) in [4.78, 5) is 32.3. The van der Waals surface area contributed by atoms with Crippen LogP contribution in [0.2, 0.25) is 0 Å². The predicted octanol–water partition coefficient (Wildman–Crippen LogP) is 3.54. The van der Waals surface area contributed by atoms with E-state index in [-0.39, 0.29) is 42.1 Å². The average Bonchev–Trinajstić information content (AvgIpc) is 3.33. The first-order valence-electron chi connectivity index (χ1n) is 11.3. The van der Waals surface area contributed by atoms with E-state index in [9.17, 15) is 22.8 Å². The molecule has 2 bridgehead atoms. The van der Waals surface area contributed by atoms with Gasteiger partial charge in [0, 0.05) is 30.9 Å². The van der Waals surface area contributed by atoms with Gasteiger partial charge in [-0.1, -0.05) is 6.07 Å². The molecule has 2 atom stereocenters. The maximum atomic E-state index is 13.4. The summed E-state index contributed by atoms with van der Waals surface area (Å²) in [7, 11) is 0. The molecule has 180 valence electrons. The van der Waals surface area contributed by atoms with Gasteiger partial charge in [-0.05, 0) is 55.4 Å². The minimum absolute atomic E-state index is 0.0278. The fraction of sp³-hybridized carbons (Fsp3) is 0.478. The van der Waals surface area contributed by atoms with Gasteiger partial charge in [0.15, 0.2) is 5.78 Å². The number of nitrogens with zero attached hydrogens (tertiary/aromatic N) is 2. The molecule has 34 heavy (non-hydrogen) atoms. The Kier molecular flexibility index (Phi) is 5.46.